The van der Waals surface area contributed by atoms with Crippen LogP contribution in [0.15, 0.2) is 0 Å². The van der Waals surface area contributed by atoms with E-state index in [4.69, 9.17) is 0 Å². The molecule has 0 aliphatic carbocycles. The largest absolute Gasteiger partial charge is 0.393 e. The third kappa shape index (κ3) is 4.67. The number of nitrogens with zero attached hydrogens (tertiary/aromatic N) is 2. The Balaban J connectivity index is 2.94. The zero-order valence-electron chi connectivity index (χ0n) is 12.6. The summed E-state index contributed by atoms with van der Waals surface area (Å²) >= 11 is 0. The van der Waals surface area contributed by atoms with Crippen LogP contribution in [0.1, 0.15) is 45.5 Å². The summed E-state index contributed by atoms with van der Waals surface area (Å²) < 4.78 is 0. The number of aliphatic hydroxyl groups is 1. The third-order valence-electron chi connectivity index (χ3n) is 2.93. The molecule has 1 aromatic rings. The van der Waals surface area contributed by atoms with E-state index in [2.05, 4.69) is 27.5 Å². The maximum absolute atomic E-state index is 9.42. The molecule has 2 atom stereocenters. The van der Waals surface area contributed by atoms with Crippen molar-refractivity contribution < 1.29 is 5.11 Å². The van der Waals surface area contributed by atoms with Gasteiger partial charge in [0.05, 0.1) is 6.10 Å². The minimum absolute atomic E-state index is 0.174. The second kappa shape index (κ2) is 7.28. The molecule has 0 aromatic carbocycles. The molecule has 0 spiro atoms. The summed E-state index contributed by atoms with van der Waals surface area (Å²) in [5.41, 5.74) is 1.02. The Morgan fingerprint density at radius 3 is 2.32 bits per heavy atom. The Morgan fingerprint density at radius 1 is 1.16 bits per heavy atom. The van der Waals surface area contributed by atoms with Crippen molar-refractivity contribution in [1.82, 2.24) is 9.97 Å². The highest BCUT2D eigenvalue weighted by atomic mass is 16.3. The van der Waals surface area contributed by atoms with Crippen LogP contribution in [0.5, 0.6) is 0 Å². The van der Waals surface area contributed by atoms with Gasteiger partial charge in [-0.2, -0.15) is 0 Å². The zero-order chi connectivity index (χ0) is 14.4. The minimum Gasteiger partial charge on any atom is -0.393 e. The SMILES string of the molecule is CCNc1nc(CC)nc(NC(C)CC(C)O)c1C. The summed E-state index contributed by atoms with van der Waals surface area (Å²) in [7, 11) is 0. The number of anilines is 2. The summed E-state index contributed by atoms with van der Waals surface area (Å²) in [5.74, 6) is 2.57. The normalized spacial score (nSPS) is 14.0. The Morgan fingerprint density at radius 2 is 1.79 bits per heavy atom. The summed E-state index contributed by atoms with van der Waals surface area (Å²) in [6.07, 6.45) is 1.18. The van der Waals surface area contributed by atoms with E-state index in [1.54, 1.807) is 6.92 Å². The minimum atomic E-state index is -0.316. The van der Waals surface area contributed by atoms with Crippen molar-refractivity contribution in [1.29, 1.82) is 0 Å². The van der Waals surface area contributed by atoms with Crippen molar-refractivity contribution in [2.75, 3.05) is 17.2 Å². The molecule has 19 heavy (non-hydrogen) atoms. The van der Waals surface area contributed by atoms with Gasteiger partial charge in [-0.15, -0.1) is 0 Å². The highest BCUT2D eigenvalue weighted by Gasteiger charge is 2.13. The van der Waals surface area contributed by atoms with Crippen molar-refractivity contribution in [3.05, 3.63) is 11.4 Å². The van der Waals surface area contributed by atoms with Crippen LogP contribution in [0.2, 0.25) is 0 Å². The molecule has 0 bridgehead atoms. The number of aliphatic hydroxyl groups excluding tert-OH is 1. The lowest BCUT2D eigenvalue weighted by molar-refractivity contribution is 0.179. The van der Waals surface area contributed by atoms with Gasteiger partial charge in [-0.05, 0) is 34.1 Å². The lowest BCUT2D eigenvalue weighted by Gasteiger charge is -2.19. The molecule has 5 nitrogen and oxygen atoms in total. The summed E-state index contributed by atoms with van der Waals surface area (Å²) in [6, 6.07) is 0.174. The van der Waals surface area contributed by atoms with E-state index in [0.717, 1.165) is 36.0 Å². The fraction of sp³-hybridized carbons (Fsp3) is 0.714. The van der Waals surface area contributed by atoms with Crippen LogP contribution in [0.25, 0.3) is 0 Å². The molecule has 0 aliphatic rings. The van der Waals surface area contributed by atoms with Gasteiger partial charge in [0.1, 0.15) is 17.5 Å². The monoisotopic (exact) mass is 266 g/mol. The van der Waals surface area contributed by atoms with Gasteiger partial charge < -0.3 is 15.7 Å². The van der Waals surface area contributed by atoms with Crippen molar-refractivity contribution in [2.24, 2.45) is 0 Å². The van der Waals surface area contributed by atoms with Gasteiger partial charge in [0.15, 0.2) is 0 Å². The van der Waals surface area contributed by atoms with Crippen LogP contribution in [-0.2, 0) is 6.42 Å². The molecule has 108 valence electrons. The lowest BCUT2D eigenvalue weighted by atomic mass is 10.1. The summed E-state index contributed by atoms with van der Waals surface area (Å²) in [4.78, 5) is 9.03. The lowest BCUT2D eigenvalue weighted by Crippen LogP contribution is -2.22. The number of rotatable bonds is 7. The van der Waals surface area contributed by atoms with E-state index in [1.165, 1.54) is 0 Å². The van der Waals surface area contributed by atoms with Gasteiger partial charge >= 0.3 is 0 Å². The molecular formula is C14H26N4O. The Labute approximate surface area is 115 Å². The first kappa shape index (κ1) is 15.7. The van der Waals surface area contributed by atoms with Gasteiger partial charge in [-0.1, -0.05) is 6.92 Å². The van der Waals surface area contributed by atoms with E-state index >= 15 is 0 Å². The molecule has 3 N–H and O–H groups in total. The number of nitrogens with one attached hydrogen (secondary N) is 2. The quantitative estimate of drug-likeness (QED) is 0.706. The molecule has 1 heterocycles. The Hall–Kier alpha value is -1.36. The van der Waals surface area contributed by atoms with Crippen LogP contribution >= 0.6 is 0 Å². The van der Waals surface area contributed by atoms with E-state index in [0.29, 0.717) is 6.42 Å². The predicted octanol–water partition coefficient (Wildman–Crippen LogP) is 2.35. The molecule has 1 aromatic heterocycles. The topological polar surface area (TPSA) is 70.1 Å². The number of aryl methyl sites for hydroxylation is 1. The third-order valence-corrected chi connectivity index (χ3v) is 2.93. The predicted molar refractivity (Wildman–Crippen MR) is 79.7 cm³/mol. The van der Waals surface area contributed by atoms with E-state index < -0.39 is 0 Å². The van der Waals surface area contributed by atoms with Crippen LogP contribution in [0.4, 0.5) is 11.6 Å². The first-order valence-corrected chi connectivity index (χ1v) is 7.03. The molecule has 0 fully saturated rings. The molecular weight excluding hydrogens is 240 g/mol. The van der Waals surface area contributed by atoms with Crippen molar-refractivity contribution in [3.8, 4) is 0 Å². The van der Waals surface area contributed by atoms with Crippen molar-refractivity contribution in [2.45, 2.75) is 59.6 Å². The second-order valence-electron chi connectivity index (χ2n) is 4.98. The van der Waals surface area contributed by atoms with Gasteiger partial charge in [0.25, 0.3) is 0 Å². The maximum atomic E-state index is 9.42. The summed E-state index contributed by atoms with van der Waals surface area (Å²) in [6.45, 7) is 10.8. The van der Waals surface area contributed by atoms with Crippen LogP contribution in [-0.4, -0.2) is 33.8 Å². The average Bonchev–Trinajstić information content (AvgIpc) is 2.33. The fourth-order valence-corrected chi connectivity index (χ4v) is 2.01. The van der Waals surface area contributed by atoms with Gasteiger partial charge in [-0.25, -0.2) is 9.97 Å². The standard InChI is InChI=1S/C14H26N4O/c1-6-12-17-13(15-7-2)11(5)14(18-12)16-9(3)8-10(4)19/h9-10,19H,6-8H2,1-5H3,(H2,15,16,17,18). The number of aromatic nitrogens is 2. The molecule has 5 heteroatoms. The Kier molecular flexibility index (Phi) is 6.02. The van der Waals surface area contributed by atoms with E-state index in [-0.39, 0.29) is 12.1 Å². The molecule has 0 aliphatic heterocycles. The van der Waals surface area contributed by atoms with Crippen molar-refractivity contribution >= 4 is 11.6 Å². The number of hydrogen-bond donors (Lipinski definition) is 3. The summed E-state index contributed by atoms with van der Waals surface area (Å²) in [5, 5.41) is 16.1. The molecule has 1 rings (SSSR count). The first-order chi connectivity index (χ1) is 8.97. The van der Waals surface area contributed by atoms with Crippen molar-refractivity contribution in [3.63, 3.8) is 0 Å². The highest BCUT2D eigenvalue weighted by Crippen LogP contribution is 2.21. The zero-order valence-corrected chi connectivity index (χ0v) is 12.6. The molecule has 2 unspecified atom stereocenters. The molecule has 0 radical (unpaired) electrons. The smallest absolute Gasteiger partial charge is 0.134 e. The van der Waals surface area contributed by atoms with Gasteiger partial charge in [-0.3, -0.25) is 0 Å². The van der Waals surface area contributed by atoms with E-state index in [9.17, 15) is 5.11 Å². The fourth-order valence-electron chi connectivity index (χ4n) is 2.01. The maximum Gasteiger partial charge on any atom is 0.134 e. The molecule has 0 saturated carbocycles. The first-order valence-electron chi connectivity index (χ1n) is 7.03. The van der Waals surface area contributed by atoms with E-state index in [1.807, 2.05) is 20.8 Å². The molecule has 0 amide bonds. The molecule has 0 saturated heterocycles. The van der Waals surface area contributed by atoms with Crippen LogP contribution in [0.3, 0.4) is 0 Å². The van der Waals surface area contributed by atoms with Gasteiger partial charge in [0, 0.05) is 24.6 Å². The average molecular weight is 266 g/mol. The number of hydrogen-bond acceptors (Lipinski definition) is 5. The van der Waals surface area contributed by atoms with Crippen LogP contribution in [0, 0.1) is 6.92 Å². The van der Waals surface area contributed by atoms with Crippen LogP contribution < -0.4 is 10.6 Å². The highest BCUT2D eigenvalue weighted by molar-refractivity contribution is 5.57. The Bertz CT molecular complexity index is 407. The second-order valence-corrected chi connectivity index (χ2v) is 4.98. The van der Waals surface area contributed by atoms with Gasteiger partial charge in [0.2, 0.25) is 0 Å².